The summed E-state index contributed by atoms with van der Waals surface area (Å²) >= 11 is 5.81. The third-order valence-corrected chi connectivity index (χ3v) is 5.57. The van der Waals surface area contributed by atoms with Gasteiger partial charge in [0.05, 0.1) is 17.6 Å². The highest BCUT2D eigenvalue weighted by Gasteiger charge is 2.51. The first-order valence-electron chi connectivity index (χ1n) is 9.43. The van der Waals surface area contributed by atoms with Crippen molar-refractivity contribution in [2.75, 3.05) is 6.54 Å². The first-order chi connectivity index (χ1) is 14.3. The lowest BCUT2D eigenvalue weighted by atomic mass is 10.0. The van der Waals surface area contributed by atoms with E-state index in [1.54, 1.807) is 0 Å². The molecule has 0 bridgehead atoms. The molecule has 1 fully saturated rings. The van der Waals surface area contributed by atoms with Gasteiger partial charge in [-0.05, 0) is 35.9 Å². The molecule has 0 aliphatic carbocycles. The minimum absolute atomic E-state index is 0.0362. The minimum Gasteiger partial charge on any atom is -0.372 e. The molecule has 7 nitrogen and oxygen atoms in total. The Morgan fingerprint density at radius 3 is 2.83 bits per heavy atom. The first kappa shape index (κ1) is 20.3. The molecular formula is C21H20ClFN4O3. The zero-order chi connectivity index (χ0) is 21.5. The molecule has 1 saturated heterocycles. The molecule has 2 amide bonds. The summed E-state index contributed by atoms with van der Waals surface area (Å²) in [7, 11) is 1.86. The van der Waals surface area contributed by atoms with Gasteiger partial charge in [0.15, 0.2) is 0 Å². The van der Waals surface area contributed by atoms with Crippen LogP contribution in [0, 0.1) is 5.82 Å². The molecule has 1 aliphatic rings. The molecule has 30 heavy (non-hydrogen) atoms. The number of aryl methyl sites for hydroxylation is 1. The summed E-state index contributed by atoms with van der Waals surface area (Å²) < 4.78 is 15.3. The fraction of sp³-hybridized carbons (Fsp3) is 0.286. The number of hydrogen-bond donors (Lipinski definition) is 2. The van der Waals surface area contributed by atoms with Crippen molar-refractivity contribution in [3.8, 4) is 0 Å². The van der Waals surface area contributed by atoms with Crippen LogP contribution in [-0.4, -0.2) is 43.5 Å². The Bertz CT molecular complexity index is 1130. The van der Waals surface area contributed by atoms with E-state index in [4.69, 9.17) is 11.6 Å². The van der Waals surface area contributed by atoms with Crippen LogP contribution in [0.2, 0.25) is 5.02 Å². The summed E-state index contributed by atoms with van der Waals surface area (Å²) in [6, 6.07) is 11.5. The van der Waals surface area contributed by atoms with Gasteiger partial charge in [0.25, 0.3) is 11.8 Å². The Kier molecular flexibility index (Phi) is 5.21. The molecular weight excluding hydrogens is 411 g/mol. The van der Waals surface area contributed by atoms with Crippen molar-refractivity contribution in [2.24, 2.45) is 7.05 Å². The van der Waals surface area contributed by atoms with Crippen molar-refractivity contribution in [3.05, 3.63) is 64.7 Å². The minimum atomic E-state index is -2.16. The van der Waals surface area contributed by atoms with E-state index >= 15 is 0 Å². The third kappa shape index (κ3) is 3.64. The van der Waals surface area contributed by atoms with Crippen LogP contribution in [0.3, 0.4) is 0 Å². The summed E-state index contributed by atoms with van der Waals surface area (Å²) in [5.74, 6) is -1.37. The highest BCUT2D eigenvalue weighted by molar-refractivity contribution is 6.30. The predicted octanol–water partition coefficient (Wildman–Crippen LogP) is 2.15. The largest absolute Gasteiger partial charge is 0.372 e. The molecule has 0 radical (unpaired) electrons. The van der Waals surface area contributed by atoms with Crippen LogP contribution in [-0.2, 0) is 29.7 Å². The number of likely N-dealkylation sites (tertiary alicyclic amines) is 1. The van der Waals surface area contributed by atoms with Gasteiger partial charge in [-0.3, -0.25) is 9.59 Å². The number of para-hydroxylation sites is 2. The van der Waals surface area contributed by atoms with Crippen LogP contribution in [0.4, 0.5) is 4.39 Å². The lowest BCUT2D eigenvalue weighted by molar-refractivity contribution is -0.154. The average molecular weight is 431 g/mol. The van der Waals surface area contributed by atoms with Crippen LogP contribution in [0.25, 0.3) is 11.0 Å². The molecule has 1 aromatic heterocycles. The quantitative estimate of drug-likeness (QED) is 0.607. The molecule has 4 rings (SSSR count). The van der Waals surface area contributed by atoms with E-state index in [2.05, 4.69) is 10.3 Å². The van der Waals surface area contributed by atoms with Gasteiger partial charge in [0, 0.05) is 31.6 Å². The highest BCUT2D eigenvalue weighted by Crippen LogP contribution is 2.26. The molecule has 9 heteroatoms. The van der Waals surface area contributed by atoms with Gasteiger partial charge in [-0.15, -0.1) is 0 Å². The molecule has 3 aromatic rings. The third-order valence-electron chi connectivity index (χ3n) is 5.35. The van der Waals surface area contributed by atoms with Gasteiger partial charge < -0.3 is 19.9 Å². The predicted molar refractivity (Wildman–Crippen MR) is 109 cm³/mol. The maximum Gasteiger partial charge on any atom is 0.264 e. The van der Waals surface area contributed by atoms with E-state index in [-0.39, 0.29) is 31.1 Å². The van der Waals surface area contributed by atoms with Crippen molar-refractivity contribution in [3.63, 3.8) is 0 Å². The number of nitrogens with zero attached hydrogens (tertiary/aromatic N) is 3. The molecule has 1 atom stereocenters. The van der Waals surface area contributed by atoms with Gasteiger partial charge in [-0.1, -0.05) is 23.7 Å². The van der Waals surface area contributed by atoms with E-state index in [1.807, 2.05) is 35.9 Å². The molecule has 1 aliphatic heterocycles. The number of carbonyl (C=O) groups is 2. The van der Waals surface area contributed by atoms with Gasteiger partial charge in [-0.2, -0.15) is 0 Å². The number of hydrogen-bond acceptors (Lipinski definition) is 4. The number of amides is 2. The van der Waals surface area contributed by atoms with Crippen LogP contribution in [0.5, 0.6) is 0 Å². The van der Waals surface area contributed by atoms with Crippen molar-refractivity contribution in [2.45, 2.75) is 25.1 Å². The van der Waals surface area contributed by atoms with E-state index in [1.165, 1.54) is 17.0 Å². The molecule has 0 saturated carbocycles. The SMILES string of the molecule is Cn1c(CN2CCC(O)(C(=O)NCc3cc(F)cc(Cl)c3)C2=O)nc2ccccc21. The smallest absolute Gasteiger partial charge is 0.264 e. The zero-order valence-corrected chi connectivity index (χ0v) is 17.0. The number of nitrogens with one attached hydrogen (secondary N) is 1. The van der Waals surface area contributed by atoms with Gasteiger partial charge >= 0.3 is 0 Å². The second-order valence-electron chi connectivity index (χ2n) is 7.37. The van der Waals surface area contributed by atoms with E-state index in [9.17, 15) is 19.1 Å². The van der Waals surface area contributed by atoms with E-state index in [0.717, 1.165) is 17.1 Å². The summed E-state index contributed by atoms with van der Waals surface area (Å²) in [6.07, 6.45) is -0.0362. The monoisotopic (exact) mass is 430 g/mol. The molecule has 1 unspecified atom stereocenters. The fourth-order valence-electron chi connectivity index (χ4n) is 3.68. The second kappa shape index (κ2) is 7.70. The average Bonchev–Trinajstić information content (AvgIpc) is 3.18. The van der Waals surface area contributed by atoms with Crippen molar-refractivity contribution < 1.29 is 19.1 Å². The Morgan fingerprint density at radius 1 is 1.33 bits per heavy atom. The fourth-order valence-corrected chi connectivity index (χ4v) is 3.92. The number of imidazole rings is 1. The standard InChI is InChI=1S/C21H20ClFN4O3/c1-26-17-5-3-2-4-16(17)25-18(26)12-27-7-6-21(30,20(27)29)19(28)24-11-13-8-14(22)10-15(23)9-13/h2-5,8-10,30H,6-7,11-12H2,1H3,(H,24,28). The Balaban J connectivity index is 1.45. The molecule has 156 valence electrons. The summed E-state index contributed by atoms with van der Waals surface area (Å²) in [6.45, 7) is 0.341. The van der Waals surface area contributed by atoms with Crippen molar-refractivity contribution >= 4 is 34.4 Å². The topological polar surface area (TPSA) is 87.5 Å². The van der Waals surface area contributed by atoms with Crippen molar-refractivity contribution in [1.82, 2.24) is 19.8 Å². The zero-order valence-electron chi connectivity index (χ0n) is 16.2. The number of carbonyl (C=O) groups excluding carboxylic acids is 2. The second-order valence-corrected chi connectivity index (χ2v) is 7.81. The van der Waals surface area contributed by atoms with Crippen LogP contribution in [0.1, 0.15) is 17.8 Å². The maximum atomic E-state index is 13.4. The van der Waals surface area contributed by atoms with Crippen LogP contribution in [0.15, 0.2) is 42.5 Å². The van der Waals surface area contributed by atoms with Crippen molar-refractivity contribution in [1.29, 1.82) is 0 Å². The molecule has 2 heterocycles. The van der Waals surface area contributed by atoms with E-state index < -0.39 is 23.2 Å². The number of benzene rings is 2. The molecule has 2 aromatic carbocycles. The van der Waals surface area contributed by atoms with Gasteiger partial charge in [0.2, 0.25) is 5.60 Å². The Morgan fingerprint density at radius 2 is 2.10 bits per heavy atom. The Hall–Kier alpha value is -2.97. The van der Waals surface area contributed by atoms with Gasteiger partial charge in [-0.25, -0.2) is 9.37 Å². The number of fused-ring (bicyclic) bond motifs is 1. The Labute approximate surface area is 177 Å². The summed E-state index contributed by atoms with van der Waals surface area (Å²) in [5.41, 5.74) is 0.00471. The summed E-state index contributed by atoms with van der Waals surface area (Å²) in [5, 5.41) is 13.4. The number of rotatable bonds is 5. The maximum absolute atomic E-state index is 13.4. The lowest BCUT2D eigenvalue weighted by Crippen LogP contribution is -2.52. The normalized spacial score (nSPS) is 18.9. The van der Waals surface area contributed by atoms with Crippen LogP contribution < -0.4 is 5.32 Å². The number of halogens is 2. The molecule has 0 spiro atoms. The van der Waals surface area contributed by atoms with E-state index in [0.29, 0.717) is 11.4 Å². The van der Waals surface area contributed by atoms with Gasteiger partial charge in [0.1, 0.15) is 11.6 Å². The highest BCUT2D eigenvalue weighted by atomic mass is 35.5. The van der Waals surface area contributed by atoms with Crippen LogP contribution >= 0.6 is 11.6 Å². The lowest BCUT2D eigenvalue weighted by Gasteiger charge is -2.21. The molecule has 2 N–H and O–H groups in total. The summed E-state index contributed by atoms with van der Waals surface area (Å²) in [4.78, 5) is 31.3. The number of aliphatic hydroxyl groups is 1. The first-order valence-corrected chi connectivity index (χ1v) is 9.81. The number of aromatic nitrogens is 2.